The van der Waals surface area contributed by atoms with Crippen LogP contribution in [0.2, 0.25) is 5.02 Å². The van der Waals surface area contributed by atoms with Crippen molar-refractivity contribution in [1.29, 1.82) is 0 Å². The highest BCUT2D eigenvalue weighted by molar-refractivity contribution is 6.30. The average Bonchev–Trinajstić information content (AvgIpc) is 2.72. The van der Waals surface area contributed by atoms with Crippen LogP contribution in [0.4, 0.5) is 4.79 Å². The Morgan fingerprint density at radius 3 is 2.23 bits per heavy atom. The first-order valence-electron chi connectivity index (χ1n) is 10.4. The van der Waals surface area contributed by atoms with Gasteiger partial charge in [-0.25, -0.2) is 4.79 Å². The van der Waals surface area contributed by atoms with Crippen LogP contribution in [0, 0.1) is 13.8 Å². The van der Waals surface area contributed by atoms with Crippen molar-refractivity contribution in [3.8, 4) is 11.1 Å². The molecule has 30 heavy (non-hydrogen) atoms. The van der Waals surface area contributed by atoms with Crippen LogP contribution in [-0.4, -0.2) is 18.5 Å². The number of ketones is 1. The first kappa shape index (κ1) is 23.7. The quantitative estimate of drug-likeness (QED) is 0.480. The number of ether oxygens (including phenoxy) is 2. The molecule has 2 aromatic carbocycles. The van der Waals surface area contributed by atoms with E-state index in [0.29, 0.717) is 35.6 Å². The standard InChI is InChI=1S/C23H23ClO4.C2H6/c1-4-27-23(26)28-21-7-5-6-20(25)22(21)19-13-14(2)18(12-15(19)3)16-8-10-17(24)11-9-16;1-2/h8-13H,4-7H2,1-3H3;1-2H3. The molecule has 4 nitrogen and oxygen atoms in total. The van der Waals surface area contributed by atoms with Crippen LogP contribution >= 0.6 is 11.6 Å². The minimum absolute atomic E-state index is 0.00714. The van der Waals surface area contributed by atoms with Crippen molar-refractivity contribution in [1.82, 2.24) is 0 Å². The molecule has 0 bridgehead atoms. The van der Waals surface area contributed by atoms with Crippen molar-refractivity contribution in [3.63, 3.8) is 0 Å². The lowest BCUT2D eigenvalue weighted by molar-refractivity contribution is -0.114. The highest BCUT2D eigenvalue weighted by Gasteiger charge is 2.27. The number of aryl methyl sites for hydroxylation is 2. The van der Waals surface area contributed by atoms with Crippen LogP contribution in [-0.2, 0) is 14.3 Å². The molecule has 0 fully saturated rings. The Kier molecular flexibility index (Phi) is 8.67. The van der Waals surface area contributed by atoms with Crippen molar-refractivity contribution in [2.24, 2.45) is 0 Å². The molecule has 0 saturated carbocycles. The maximum atomic E-state index is 12.7. The first-order chi connectivity index (χ1) is 14.4. The third-order valence-corrected chi connectivity index (χ3v) is 5.08. The van der Waals surface area contributed by atoms with Gasteiger partial charge >= 0.3 is 6.16 Å². The van der Waals surface area contributed by atoms with E-state index in [9.17, 15) is 9.59 Å². The summed E-state index contributed by atoms with van der Waals surface area (Å²) in [7, 11) is 0. The molecule has 1 aliphatic rings. The predicted octanol–water partition coefficient (Wildman–Crippen LogP) is 7.29. The summed E-state index contributed by atoms with van der Waals surface area (Å²) < 4.78 is 10.3. The second-order valence-electron chi connectivity index (χ2n) is 6.85. The fraction of sp³-hybridized carbons (Fsp3) is 0.360. The zero-order chi connectivity index (χ0) is 22.3. The highest BCUT2D eigenvalue weighted by Crippen LogP contribution is 2.36. The van der Waals surface area contributed by atoms with Gasteiger partial charge in [-0.1, -0.05) is 49.7 Å². The van der Waals surface area contributed by atoms with E-state index in [1.54, 1.807) is 6.92 Å². The lowest BCUT2D eigenvalue weighted by Gasteiger charge is -2.21. The molecule has 1 aliphatic carbocycles. The summed E-state index contributed by atoms with van der Waals surface area (Å²) in [6.45, 7) is 9.91. The van der Waals surface area contributed by atoms with Crippen molar-refractivity contribution >= 4 is 29.1 Å². The Balaban J connectivity index is 0.00000155. The van der Waals surface area contributed by atoms with Gasteiger partial charge in [-0.15, -0.1) is 0 Å². The highest BCUT2D eigenvalue weighted by atomic mass is 35.5. The summed E-state index contributed by atoms with van der Waals surface area (Å²) >= 11 is 6.00. The molecule has 5 heteroatoms. The molecule has 0 radical (unpaired) electrons. The van der Waals surface area contributed by atoms with Gasteiger partial charge in [-0.05, 0) is 67.1 Å². The van der Waals surface area contributed by atoms with Crippen molar-refractivity contribution in [3.05, 3.63) is 63.9 Å². The summed E-state index contributed by atoms with van der Waals surface area (Å²) in [5.41, 5.74) is 5.41. The molecule has 0 atom stereocenters. The van der Waals surface area contributed by atoms with Gasteiger partial charge in [0.2, 0.25) is 0 Å². The third-order valence-electron chi connectivity index (χ3n) is 4.83. The third kappa shape index (κ3) is 5.51. The molecule has 0 heterocycles. The van der Waals surface area contributed by atoms with Crippen LogP contribution in [0.1, 0.15) is 56.7 Å². The Morgan fingerprint density at radius 2 is 1.60 bits per heavy atom. The largest absolute Gasteiger partial charge is 0.513 e. The molecule has 0 unspecified atom stereocenters. The molecule has 0 aromatic heterocycles. The lowest BCUT2D eigenvalue weighted by Crippen LogP contribution is -2.17. The number of allylic oxidation sites excluding steroid dienone is 2. The number of carbonyl (C=O) groups excluding carboxylic acids is 2. The molecular formula is C25H29ClO4. The second-order valence-corrected chi connectivity index (χ2v) is 7.29. The van der Waals surface area contributed by atoms with Crippen LogP contribution in [0.15, 0.2) is 42.2 Å². The Labute approximate surface area is 183 Å². The normalized spacial score (nSPS) is 13.5. The molecule has 3 rings (SSSR count). The molecule has 2 aromatic rings. The second kappa shape index (κ2) is 11.0. The molecule has 0 N–H and O–H groups in total. The van der Waals surface area contributed by atoms with Gasteiger partial charge in [0, 0.05) is 17.9 Å². The Bertz CT molecular complexity index is 942. The van der Waals surface area contributed by atoms with E-state index in [4.69, 9.17) is 21.1 Å². The molecule has 0 amide bonds. The van der Waals surface area contributed by atoms with Gasteiger partial charge in [0.15, 0.2) is 5.78 Å². The number of hydrogen-bond acceptors (Lipinski definition) is 4. The van der Waals surface area contributed by atoms with Gasteiger partial charge < -0.3 is 9.47 Å². The summed E-state index contributed by atoms with van der Waals surface area (Å²) in [4.78, 5) is 24.5. The molecule has 0 aliphatic heterocycles. The zero-order valence-electron chi connectivity index (χ0n) is 18.3. The number of rotatable bonds is 4. The molecular weight excluding hydrogens is 400 g/mol. The van der Waals surface area contributed by atoms with E-state index >= 15 is 0 Å². The Morgan fingerprint density at radius 1 is 1.00 bits per heavy atom. The average molecular weight is 429 g/mol. The van der Waals surface area contributed by atoms with Gasteiger partial charge in [0.05, 0.1) is 12.2 Å². The minimum Gasteiger partial charge on any atom is -0.434 e. The van der Waals surface area contributed by atoms with Gasteiger partial charge in [0.25, 0.3) is 0 Å². The van der Waals surface area contributed by atoms with Crippen LogP contribution in [0.5, 0.6) is 0 Å². The SMILES string of the molecule is CC.CCOC(=O)OC1=C(c2cc(C)c(-c3ccc(Cl)cc3)cc2C)C(=O)CCC1. The van der Waals surface area contributed by atoms with E-state index in [2.05, 4.69) is 6.07 Å². The van der Waals surface area contributed by atoms with Crippen LogP contribution in [0.25, 0.3) is 16.7 Å². The van der Waals surface area contributed by atoms with Crippen LogP contribution < -0.4 is 0 Å². The lowest BCUT2D eigenvalue weighted by atomic mass is 9.86. The zero-order valence-corrected chi connectivity index (χ0v) is 19.1. The number of Topliss-reactive ketones (excluding diaryl/α,β-unsaturated/α-hetero) is 1. The number of carbonyl (C=O) groups is 2. The summed E-state index contributed by atoms with van der Waals surface area (Å²) in [5.74, 6) is 0.392. The molecule has 160 valence electrons. The predicted molar refractivity (Wildman–Crippen MR) is 122 cm³/mol. The summed E-state index contributed by atoms with van der Waals surface area (Å²) in [6, 6.07) is 11.7. The van der Waals surface area contributed by atoms with Crippen molar-refractivity contribution < 1.29 is 19.1 Å². The maximum Gasteiger partial charge on any atom is 0.513 e. The van der Waals surface area contributed by atoms with E-state index in [0.717, 1.165) is 27.8 Å². The maximum absolute atomic E-state index is 12.7. The van der Waals surface area contributed by atoms with E-state index < -0.39 is 6.16 Å². The molecule has 0 saturated heterocycles. The molecule has 0 spiro atoms. The van der Waals surface area contributed by atoms with E-state index in [1.807, 2.05) is 58.0 Å². The van der Waals surface area contributed by atoms with Gasteiger partial charge in [-0.3, -0.25) is 4.79 Å². The van der Waals surface area contributed by atoms with E-state index in [1.165, 1.54) is 0 Å². The van der Waals surface area contributed by atoms with Gasteiger partial charge in [-0.2, -0.15) is 0 Å². The monoisotopic (exact) mass is 428 g/mol. The Hall–Kier alpha value is -2.59. The van der Waals surface area contributed by atoms with Crippen molar-refractivity contribution in [2.75, 3.05) is 6.61 Å². The minimum atomic E-state index is -0.767. The van der Waals surface area contributed by atoms with Crippen molar-refractivity contribution in [2.45, 2.75) is 53.9 Å². The smallest absolute Gasteiger partial charge is 0.434 e. The van der Waals surface area contributed by atoms with E-state index in [-0.39, 0.29) is 12.4 Å². The fourth-order valence-electron chi connectivity index (χ4n) is 3.49. The number of benzene rings is 2. The summed E-state index contributed by atoms with van der Waals surface area (Å²) in [6.07, 6.45) is 0.884. The fourth-order valence-corrected chi connectivity index (χ4v) is 3.62. The number of halogens is 1. The van der Waals surface area contributed by atoms with Gasteiger partial charge in [0.1, 0.15) is 5.76 Å². The topological polar surface area (TPSA) is 52.6 Å². The summed E-state index contributed by atoms with van der Waals surface area (Å²) in [5, 5.41) is 0.688. The van der Waals surface area contributed by atoms with Crippen LogP contribution in [0.3, 0.4) is 0 Å². The number of hydrogen-bond donors (Lipinski definition) is 0. The first-order valence-corrected chi connectivity index (χ1v) is 10.8.